The summed E-state index contributed by atoms with van der Waals surface area (Å²) in [5.41, 5.74) is 2.22. The maximum absolute atomic E-state index is 11.1. The zero-order valence-corrected chi connectivity index (χ0v) is 9.73. The number of aromatic nitrogens is 2. The molecular formula is C13H16N2O2. The Bertz CT molecular complexity index is 595. The van der Waals surface area contributed by atoms with Crippen LogP contribution in [0.1, 0.15) is 31.4 Å². The maximum Gasteiger partial charge on any atom is 0.323 e. The molecule has 0 amide bonds. The normalized spacial score (nSPS) is 19.4. The van der Waals surface area contributed by atoms with Crippen molar-refractivity contribution in [2.75, 3.05) is 0 Å². The topological polar surface area (TPSA) is 68.9 Å². The smallest absolute Gasteiger partial charge is 0.323 e. The van der Waals surface area contributed by atoms with Crippen LogP contribution in [0.3, 0.4) is 0 Å². The van der Waals surface area contributed by atoms with Gasteiger partial charge in [0.15, 0.2) is 0 Å². The summed E-state index contributed by atoms with van der Waals surface area (Å²) < 4.78 is 0. The fraction of sp³-hybridized carbons (Fsp3) is 0.462. The molecule has 0 radical (unpaired) electrons. The van der Waals surface area contributed by atoms with Crippen LogP contribution < -0.4 is 5.69 Å². The number of hydrogen-bond donors (Lipinski definition) is 3. The van der Waals surface area contributed by atoms with Gasteiger partial charge in [0.2, 0.25) is 0 Å². The van der Waals surface area contributed by atoms with Crippen molar-refractivity contribution in [3.63, 3.8) is 0 Å². The predicted octanol–water partition coefficient (Wildman–Crippen LogP) is 1.94. The van der Waals surface area contributed by atoms with Crippen molar-refractivity contribution in [3.05, 3.63) is 34.2 Å². The number of aliphatic hydroxyl groups is 1. The van der Waals surface area contributed by atoms with Gasteiger partial charge in [0, 0.05) is 0 Å². The van der Waals surface area contributed by atoms with Crippen LogP contribution in [0.5, 0.6) is 0 Å². The molecule has 90 valence electrons. The second-order valence-electron chi connectivity index (χ2n) is 5.03. The molecule has 3 N–H and O–H groups in total. The Kier molecular flexibility index (Phi) is 2.33. The van der Waals surface area contributed by atoms with Crippen LogP contribution in [0.15, 0.2) is 23.0 Å². The van der Waals surface area contributed by atoms with Gasteiger partial charge in [0.1, 0.15) is 0 Å². The average molecular weight is 232 g/mol. The van der Waals surface area contributed by atoms with E-state index < -0.39 is 6.10 Å². The first kappa shape index (κ1) is 10.6. The molecule has 4 heteroatoms. The highest BCUT2D eigenvalue weighted by Gasteiger charge is 2.33. The predicted molar refractivity (Wildman–Crippen MR) is 65.8 cm³/mol. The highest BCUT2D eigenvalue weighted by atomic mass is 16.3. The van der Waals surface area contributed by atoms with Crippen molar-refractivity contribution >= 4 is 11.0 Å². The van der Waals surface area contributed by atoms with Crippen LogP contribution in [-0.4, -0.2) is 15.1 Å². The molecule has 1 heterocycles. The number of nitrogens with one attached hydrogen (secondary N) is 2. The third-order valence-corrected chi connectivity index (χ3v) is 3.75. The average Bonchev–Trinajstić information content (AvgIpc) is 3.08. The molecule has 1 aromatic heterocycles. The minimum absolute atomic E-state index is 0.207. The molecule has 1 saturated carbocycles. The van der Waals surface area contributed by atoms with E-state index in [1.807, 2.05) is 18.2 Å². The van der Waals surface area contributed by atoms with E-state index in [4.69, 9.17) is 0 Å². The van der Waals surface area contributed by atoms with Gasteiger partial charge < -0.3 is 15.1 Å². The van der Waals surface area contributed by atoms with E-state index in [0.29, 0.717) is 5.92 Å². The first-order chi connectivity index (χ1) is 8.15. The molecule has 1 aliphatic rings. The first-order valence-corrected chi connectivity index (χ1v) is 6.05. The van der Waals surface area contributed by atoms with E-state index in [9.17, 15) is 9.90 Å². The van der Waals surface area contributed by atoms with Crippen LogP contribution in [0.4, 0.5) is 0 Å². The van der Waals surface area contributed by atoms with Gasteiger partial charge in [-0.3, -0.25) is 0 Å². The van der Waals surface area contributed by atoms with E-state index in [2.05, 4.69) is 16.9 Å². The number of rotatable bonds is 3. The van der Waals surface area contributed by atoms with Crippen LogP contribution in [0.25, 0.3) is 11.0 Å². The van der Waals surface area contributed by atoms with E-state index in [0.717, 1.165) is 16.6 Å². The Morgan fingerprint density at radius 2 is 2.00 bits per heavy atom. The minimum atomic E-state index is -0.440. The van der Waals surface area contributed by atoms with Crippen LogP contribution in [0, 0.1) is 11.8 Å². The van der Waals surface area contributed by atoms with E-state index in [-0.39, 0.29) is 11.6 Å². The Hall–Kier alpha value is -1.55. The molecule has 1 aliphatic carbocycles. The number of benzene rings is 1. The summed E-state index contributed by atoms with van der Waals surface area (Å²) in [6.45, 7) is 2.09. The van der Waals surface area contributed by atoms with Crippen molar-refractivity contribution in [1.29, 1.82) is 0 Å². The van der Waals surface area contributed by atoms with E-state index >= 15 is 0 Å². The third-order valence-electron chi connectivity index (χ3n) is 3.75. The van der Waals surface area contributed by atoms with Gasteiger partial charge in [-0.1, -0.05) is 13.0 Å². The van der Waals surface area contributed by atoms with Crippen LogP contribution in [0.2, 0.25) is 0 Å². The zero-order valence-electron chi connectivity index (χ0n) is 9.73. The summed E-state index contributed by atoms with van der Waals surface area (Å²) in [5, 5.41) is 10.3. The third kappa shape index (κ3) is 1.89. The molecule has 2 atom stereocenters. The quantitative estimate of drug-likeness (QED) is 0.757. The van der Waals surface area contributed by atoms with E-state index in [1.54, 1.807) is 0 Å². The Morgan fingerprint density at radius 1 is 1.29 bits per heavy atom. The standard InChI is InChI=1S/C13H16N2O2/c1-7(8-2-3-8)12(16)9-4-5-10-11(6-9)15-13(17)14-10/h4-8,12,16H,2-3H2,1H3,(H2,14,15,17). The highest BCUT2D eigenvalue weighted by Crippen LogP contribution is 2.42. The molecule has 0 saturated heterocycles. The molecular weight excluding hydrogens is 216 g/mol. The fourth-order valence-electron chi connectivity index (χ4n) is 2.42. The molecule has 0 bridgehead atoms. The van der Waals surface area contributed by atoms with Gasteiger partial charge in [0.25, 0.3) is 0 Å². The van der Waals surface area contributed by atoms with E-state index in [1.165, 1.54) is 12.8 Å². The minimum Gasteiger partial charge on any atom is -0.388 e. The molecule has 2 aromatic rings. The molecule has 4 nitrogen and oxygen atoms in total. The number of aromatic amines is 2. The monoisotopic (exact) mass is 232 g/mol. The van der Waals surface area contributed by atoms with Gasteiger partial charge in [0.05, 0.1) is 17.1 Å². The van der Waals surface area contributed by atoms with Gasteiger partial charge in [-0.2, -0.15) is 0 Å². The van der Waals surface area contributed by atoms with Crippen molar-refractivity contribution in [3.8, 4) is 0 Å². The molecule has 2 unspecified atom stereocenters. The van der Waals surface area contributed by atoms with Crippen LogP contribution >= 0.6 is 0 Å². The summed E-state index contributed by atoms with van der Waals surface area (Å²) in [6.07, 6.45) is 2.01. The second-order valence-corrected chi connectivity index (χ2v) is 5.03. The summed E-state index contributed by atoms with van der Waals surface area (Å²) in [6, 6.07) is 5.58. The van der Waals surface area contributed by atoms with Gasteiger partial charge in [-0.15, -0.1) is 0 Å². The number of aliphatic hydroxyl groups excluding tert-OH is 1. The Morgan fingerprint density at radius 3 is 2.71 bits per heavy atom. The van der Waals surface area contributed by atoms with Gasteiger partial charge >= 0.3 is 5.69 Å². The van der Waals surface area contributed by atoms with Gasteiger partial charge in [-0.25, -0.2) is 4.79 Å². The number of imidazole rings is 1. The molecule has 1 fully saturated rings. The lowest BCUT2D eigenvalue weighted by Gasteiger charge is -2.18. The Labute approximate surface area is 98.7 Å². The lowest BCUT2D eigenvalue weighted by molar-refractivity contribution is 0.106. The molecule has 1 aromatic carbocycles. The largest absolute Gasteiger partial charge is 0.388 e. The summed E-state index contributed by atoms with van der Waals surface area (Å²) in [4.78, 5) is 16.6. The fourth-order valence-corrected chi connectivity index (χ4v) is 2.42. The summed E-state index contributed by atoms with van der Waals surface area (Å²) >= 11 is 0. The van der Waals surface area contributed by atoms with Gasteiger partial charge in [-0.05, 0) is 42.4 Å². The molecule has 17 heavy (non-hydrogen) atoms. The Balaban J connectivity index is 1.96. The van der Waals surface area contributed by atoms with Crippen molar-refractivity contribution in [1.82, 2.24) is 9.97 Å². The zero-order chi connectivity index (χ0) is 12.0. The number of hydrogen-bond acceptors (Lipinski definition) is 2. The molecule has 0 spiro atoms. The SMILES string of the molecule is CC(C1CC1)C(O)c1ccc2[nH]c(=O)[nH]c2c1. The van der Waals surface area contributed by atoms with Crippen molar-refractivity contribution in [2.24, 2.45) is 11.8 Å². The maximum atomic E-state index is 11.1. The second kappa shape index (κ2) is 3.74. The summed E-state index contributed by atoms with van der Waals surface area (Å²) in [7, 11) is 0. The van der Waals surface area contributed by atoms with Crippen molar-refractivity contribution in [2.45, 2.75) is 25.9 Å². The highest BCUT2D eigenvalue weighted by molar-refractivity contribution is 5.75. The lowest BCUT2D eigenvalue weighted by atomic mass is 9.93. The van der Waals surface area contributed by atoms with Crippen LogP contribution in [-0.2, 0) is 0 Å². The summed E-state index contributed by atoms with van der Waals surface area (Å²) in [5.74, 6) is 0.948. The first-order valence-electron chi connectivity index (χ1n) is 6.05. The number of fused-ring (bicyclic) bond motifs is 1. The number of H-pyrrole nitrogens is 2. The van der Waals surface area contributed by atoms with Crippen molar-refractivity contribution < 1.29 is 5.11 Å². The lowest BCUT2D eigenvalue weighted by Crippen LogP contribution is -2.10. The molecule has 0 aliphatic heterocycles. The molecule has 3 rings (SSSR count).